The Hall–Kier alpha value is -0.450. The molecule has 0 aromatic heterocycles. The molecular formula is C7HF9S2. The minimum absolute atomic E-state index is 0.882. The zero-order chi connectivity index (χ0) is 14.7. The second-order valence-corrected chi connectivity index (χ2v) is 4.13. The third-order valence-electron chi connectivity index (χ3n) is 2.08. The molecule has 1 aromatic rings. The number of rotatable bonds is 3. The van der Waals surface area contributed by atoms with Crippen LogP contribution in [0.1, 0.15) is 5.56 Å². The number of hydrogen-bond donors (Lipinski definition) is 1. The molecule has 0 heterocycles. The van der Waals surface area contributed by atoms with Crippen LogP contribution in [0.2, 0.25) is 0 Å². The zero-order valence-electron chi connectivity index (χ0n) is 7.76. The maximum absolute atomic E-state index is 13.0. The minimum Gasteiger partial charge on any atom is -0.194 e. The standard InChI is InChI=1S/C7HF9S2/c8-4(9,1-2(17)3(1)18)5(10,11)6(12,13)7(14,15)16/h17H. The molecule has 0 atom stereocenters. The van der Waals surface area contributed by atoms with Crippen LogP contribution in [0.4, 0.5) is 39.5 Å². The fraction of sp³-hybridized carbons (Fsp3) is 0.571. The summed E-state index contributed by atoms with van der Waals surface area (Å²) in [5.41, 5.74) is -1.77. The first-order valence-corrected chi connectivity index (χ1v) is 4.73. The number of alkyl halides is 9. The van der Waals surface area contributed by atoms with Gasteiger partial charge >= 0.3 is 23.9 Å². The van der Waals surface area contributed by atoms with Crippen LogP contribution in [-0.4, -0.2) is 18.0 Å². The molecule has 0 radical (unpaired) electrons. The second kappa shape index (κ2) is 3.78. The molecule has 0 aliphatic heterocycles. The van der Waals surface area contributed by atoms with Gasteiger partial charge in [-0.1, -0.05) is 12.2 Å². The van der Waals surface area contributed by atoms with Gasteiger partial charge in [0, 0.05) is 4.90 Å². The Kier molecular flexibility index (Phi) is 3.27. The van der Waals surface area contributed by atoms with Gasteiger partial charge in [-0.05, 0) is 0 Å². The van der Waals surface area contributed by atoms with Crippen molar-refractivity contribution in [1.29, 1.82) is 0 Å². The van der Waals surface area contributed by atoms with E-state index < -0.39 is 38.9 Å². The molecule has 0 saturated heterocycles. The van der Waals surface area contributed by atoms with E-state index in [0.717, 1.165) is 0 Å². The summed E-state index contributed by atoms with van der Waals surface area (Å²) in [6, 6.07) is 0. The Balaban J connectivity index is 3.31. The Bertz CT molecular complexity index is 477. The van der Waals surface area contributed by atoms with Crippen LogP contribution < -0.4 is 0 Å². The van der Waals surface area contributed by atoms with Crippen molar-refractivity contribution in [3.63, 3.8) is 0 Å². The van der Waals surface area contributed by atoms with E-state index in [1.165, 1.54) is 0 Å². The summed E-state index contributed by atoms with van der Waals surface area (Å²) in [5, 5.41) is 0. The molecule has 0 N–H and O–H groups in total. The van der Waals surface area contributed by atoms with Gasteiger partial charge in [-0.15, -0.1) is 12.6 Å². The zero-order valence-corrected chi connectivity index (χ0v) is 9.47. The van der Waals surface area contributed by atoms with Crippen molar-refractivity contribution in [2.75, 3.05) is 0 Å². The van der Waals surface area contributed by atoms with E-state index in [0.29, 0.717) is 0 Å². The quantitative estimate of drug-likeness (QED) is 0.486. The van der Waals surface area contributed by atoms with Gasteiger partial charge in [-0.2, -0.15) is 39.5 Å². The molecule has 0 saturated carbocycles. The fourth-order valence-corrected chi connectivity index (χ4v) is 1.65. The van der Waals surface area contributed by atoms with Gasteiger partial charge in [0.05, 0.1) is 10.1 Å². The average molecular weight is 320 g/mol. The van der Waals surface area contributed by atoms with Crippen molar-refractivity contribution in [2.24, 2.45) is 0 Å². The van der Waals surface area contributed by atoms with Gasteiger partial charge < -0.3 is 0 Å². The SMILES string of the molecule is FC(F)(F)C(F)(F)C(F)(F)C(F)(F)c1c(S)c1=S. The summed E-state index contributed by atoms with van der Waals surface area (Å²) >= 11 is 7.20. The van der Waals surface area contributed by atoms with E-state index in [-0.39, 0.29) is 0 Å². The number of thiol groups is 1. The lowest BCUT2D eigenvalue weighted by atomic mass is 10.0. The predicted molar refractivity (Wildman–Crippen MR) is 46.7 cm³/mol. The highest BCUT2D eigenvalue weighted by molar-refractivity contribution is 7.81. The summed E-state index contributed by atoms with van der Waals surface area (Å²) in [6.45, 7) is 0. The summed E-state index contributed by atoms with van der Waals surface area (Å²) in [4.78, 5) is -0.882. The number of halogens is 9. The van der Waals surface area contributed by atoms with Crippen molar-refractivity contribution >= 4 is 24.8 Å². The molecule has 0 bridgehead atoms. The molecule has 1 aromatic carbocycles. The van der Waals surface area contributed by atoms with Crippen molar-refractivity contribution in [2.45, 2.75) is 28.8 Å². The van der Waals surface area contributed by atoms with Gasteiger partial charge in [-0.25, -0.2) is 0 Å². The first-order chi connectivity index (χ1) is 7.69. The highest BCUT2D eigenvalue weighted by atomic mass is 32.1. The van der Waals surface area contributed by atoms with E-state index in [1.54, 1.807) is 0 Å². The largest absolute Gasteiger partial charge is 0.460 e. The van der Waals surface area contributed by atoms with Gasteiger partial charge in [0.15, 0.2) is 0 Å². The predicted octanol–water partition coefficient (Wildman–Crippen LogP) is 4.51. The molecule has 0 aliphatic carbocycles. The van der Waals surface area contributed by atoms with Crippen LogP contribution in [0.15, 0.2) is 4.90 Å². The monoisotopic (exact) mass is 320 g/mol. The molecule has 104 valence electrons. The molecule has 0 fully saturated rings. The van der Waals surface area contributed by atoms with E-state index in [2.05, 4.69) is 24.8 Å². The van der Waals surface area contributed by atoms with E-state index >= 15 is 0 Å². The van der Waals surface area contributed by atoms with Crippen LogP contribution in [0.5, 0.6) is 0 Å². The first-order valence-electron chi connectivity index (χ1n) is 3.88. The van der Waals surface area contributed by atoms with Gasteiger partial charge in [0.2, 0.25) is 0 Å². The lowest BCUT2D eigenvalue weighted by Gasteiger charge is -2.32. The Labute approximate surface area is 104 Å². The molecule has 0 aliphatic rings. The minimum atomic E-state index is -6.90. The van der Waals surface area contributed by atoms with E-state index in [9.17, 15) is 39.5 Å². The Morgan fingerprint density at radius 2 is 1.11 bits per heavy atom. The average Bonchev–Trinajstić information content (AvgIpc) is 2.72. The van der Waals surface area contributed by atoms with Crippen molar-refractivity contribution in [3.05, 3.63) is 10.1 Å². The molecule has 0 spiro atoms. The molecule has 0 nitrogen and oxygen atoms in total. The smallest absolute Gasteiger partial charge is 0.194 e. The molecular weight excluding hydrogens is 319 g/mol. The summed E-state index contributed by atoms with van der Waals surface area (Å²) in [7, 11) is 0. The van der Waals surface area contributed by atoms with Crippen LogP contribution in [-0.2, 0) is 5.92 Å². The summed E-state index contributed by atoms with van der Waals surface area (Å²) in [5.74, 6) is -19.3. The summed E-state index contributed by atoms with van der Waals surface area (Å²) in [6.07, 6.45) is -6.83. The Morgan fingerprint density at radius 3 is 1.33 bits per heavy atom. The summed E-state index contributed by atoms with van der Waals surface area (Å²) < 4.78 is 110. The highest BCUT2D eigenvalue weighted by Gasteiger charge is 2.83. The van der Waals surface area contributed by atoms with Crippen molar-refractivity contribution in [3.8, 4) is 0 Å². The van der Waals surface area contributed by atoms with E-state index in [1.807, 2.05) is 0 Å². The molecule has 0 amide bonds. The molecule has 11 heteroatoms. The van der Waals surface area contributed by atoms with Crippen LogP contribution in [0.3, 0.4) is 0 Å². The van der Waals surface area contributed by atoms with Gasteiger partial charge in [0.25, 0.3) is 0 Å². The van der Waals surface area contributed by atoms with E-state index in [4.69, 9.17) is 0 Å². The normalized spacial score (nSPS) is 15.4. The maximum Gasteiger partial charge on any atom is 0.460 e. The van der Waals surface area contributed by atoms with Crippen LogP contribution in [0.25, 0.3) is 0 Å². The first kappa shape index (κ1) is 15.6. The van der Waals surface area contributed by atoms with Crippen LogP contribution in [0, 0.1) is 4.51 Å². The van der Waals surface area contributed by atoms with Crippen molar-refractivity contribution < 1.29 is 39.5 Å². The number of hydrogen-bond acceptors (Lipinski definition) is 2. The second-order valence-electron chi connectivity index (χ2n) is 3.27. The lowest BCUT2D eigenvalue weighted by Crippen LogP contribution is -2.59. The maximum atomic E-state index is 13.0. The third-order valence-corrected chi connectivity index (χ3v) is 3.08. The topological polar surface area (TPSA) is 0 Å². The van der Waals surface area contributed by atoms with Gasteiger partial charge in [0.1, 0.15) is 0 Å². The molecule has 0 unspecified atom stereocenters. The lowest BCUT2D eigenvalue weighted by molar-refractivity contribution is -0.399. The van der Waals surface area contributed by atoms with Crippen molar-refractivity contribution in [1.82, 2.24) is 0 Å². The van der Waals surface area contributed by atoms with Crippen LogP contribution >= 0.6 is 24.8 Å². The Morgan fingerprint density at radius 1 is 0.778 bits per heavy atom. The molecule has 18 heavy (non-hydrogen) atoms. The van der Waals surface area contributed by atoms with Gasteiger partial charge in [-0.3, -0.25) is 0 Å². The highest BCUT2D eigenvalue weighted by Crippen LogP contribution is 2.59. The molecule has 1 rings (SSSR count). The third kappa shape index (κ3) is 1.82. The fourth-order valence-electron chi connectivity index (χ4n) is 0.984.